The van der Waals surface area contributed by atoms with E-state index in [1.807, 2.05) is 26.0 Å². The summed E-state index contributed by atoms with van der Waals surface area (Å²) in [6.45, 7) is 3.67. The standard InChI is InChI=1S/C25H31NO5/c1-15-7-8-18(13-16(15)2)22(27)14-31-25(30)17-9-11-19(12-10-17)26-23(28)20-5-3-4-6-21(20)24(26)29/h7-8,13,17,19-21H,3-6,9-12,14H2,1-2H3/t17?,19?,20-,21-/m0/s1. The molecule has 2 amide bonds. The van der Waals surface area contributed by atoms with Crippen molar-refractivity contribution in [3.8, 4) is 0 Å². The van der Waals surface area contributed by atoms with E-state index in [0.29, 0.717) is 31.2 Å². The van der Waals surface area contributed by atoms with Crippen LogP contribution in [0.15, 0.2) is 18.2 Å². The maximum Gasteiger partial charge on any atom is 0.309 e. The number of esters is 1. The van der Waals surface area contributed by atoms with Crippen LogP contribution in [0.3, 0.4) is 0 Å². The summed E-state index contributed by atoms with van der Waals surface area (Å²) < 4.78 is 5.31. The summed E-state index contributed by atoms with van der Waals surface area (Å²) in [5.74, 6) is -1.09. The number of ether oxygens (including phenoxy) is 1. The lowest BCUT2D eigenvalue weighted by Gasteiger charge is -2.32. The van der Waals surface area contributed by atoms with Gasteiger partial charge in [-0.15, -0.1) is 0 Å². The van der Waals surface area contributed by atoms with Crippen molar-refractivity contribution in [2.45, 2.75) is 71.3 Å². The maximum absolute atomic E-state index is 12.8. The van der Waals surface area contributed by atoms with E-state index in [1.54, 1.807) is 6.07 Å². The second-order valence-electron chi connectivity index (χ2n) is 9.38. The molecule has 6 heteroatoms. The molecule has 0 N–H and O–H groups in total. The number of benzene rings is 1. The molecule has 2 atom stereocenters. The fourth-order valence-electron chi connectivity index (χ4n) is 5.37. The summed E-state index contributed by atoms with van der Waals surface area (Å²) in [5, 5.41) is 0. The summed E-state index contributed by atoms with van der Waals surface area (Å²) in [7, 11) is 0. The van der Waals surface area contributed by atoms with Crippen LogP contribution in [-0.2, 0) is 19.1 Å². The minimum Gasteiger partial charge on any atom is -0.457 e. The monoisotopic (exact) mass is 425 g/mol. The number of ketones is 1. The molecule has 3 aliphatic rings. The van der Waals surface area contributed by atoms with E-state index in [0.717, 1.165) is 36.8 Å². The minimum absolute atomic E-state index is 0.000264. The van der Waals surface area contributed by atoms with Crippen LogP contribution in [0.1, 0.15) is 72.9 Å². The molecule has 0 radical (unpaired) electrons. The average Bonchev–Trinajstić information content (AvgIpc) is 3.04. The first kappa shape index (κ1) is 21.7. The van der Waals surface area contributed by atoms with E-state index in [4.69, 9.17) is 4.74 Å². The van der Waals surface area contributed by atoms with Gasteiger partial charge in [-0.05, 0) is 69.6 Å². The molecule has 1 aromatic carbocycles. The number of likely N-dealkylation sites (tertiary alicyclic amines) is 1. The third-order valence-electron chi connectivity index (χ3n) is 7.44. The van der Waals surface area contributed by atoms with Crippen LogP contribution in [0, 0.1) is 31.6 Å². The quantitative estimate of drug-likeness (QED) is 0.408. The lowest BCUT2D eigenvalue weighted by Crippen LogP contribution is -2.43. The Hall–Kier alpha value is -2.50. The third kappa shape index (κ3) is 4.30. The molecule has 2 aliphatic carbocycles. The minimum atomic E-state index is -0.358. The smallest absolute Gasteiger partial charge is 0.309 e. The molecule has 4 rings (SSSR count). The van der Waals surface area contributed by atoms with Crippen molar-refractivity contribution in [1.82, 2.24) is 4.90 Å². The molecule has 1 aliphatic heterocycles. The molecule has 0 unspecified atom stereocenters. The number of hydrogen-bond acceptors (Lipinski definition) is 5. The van der Waals surface area contributed by atoms with Crippen molar-refractivity contribution in [3.05, 3.63) is 34.9 Å². The Morgan fingerprint density at radius 3 is 2.10 bits per heavy atom. The van der Waals surface area contributed by atoms with Crippen LogP contribution >= 0.6 is 0 Å². The van der Waals surface area contributed by atoms with Crippen molar-refractivity contribution >= 4 is 23.6 Å². The molecule has 1 aromatic rings. The fraction of sp³-hybridized carbons (Fsp3) is 0.600. The fourth-order valence-corrected chi connectivity index (χ4v) is 5.37. The summed E-state index contributed by atoms with van der Waals surface area (Å²) >= 11 is 0. The number of fused-ring (bicyclic) bond motifs is 1. The van der Waals surface area contributed by atoms with Gasteiger partial charge in [0.05, 0.1) is 17.8 Å². The van der Waals surface area contributed by atoms with E-state index in [9.17, 15) is 19.2 Å². The zero-order chi connectivity index (χ0) is 22.1. The maximum atomic E-state index is 12.8. The van der Waals surface area contributed by atoms with Crippen LogP contribution in [0.25, 0.3) is 0 Å². The lowest BCUT2D eigenvalue weighted by atomic mass is 9.81. The molecule has 6 nitrogen and oxygen atoms in total. The largest absolute Gasteiger partial charge is 0.457 e. The van der Waals surface area contributed by atoms with Gasteiger partial charge < -0.3 is 4.74 Å². The van der Waals surface area contributed by atoms with E-state index < -0.39 is 0 Å². The Bertz CT molecular complexity index is 875. The molecule has 0 bridgehead atoms. The zero-order valence-corrected chi connectivity index (χ0v) is 18.4. The summed E-state index contributed by atoms with van der Waals surface area (Å²) in [4.78, 5) is 52.0. The zero-order valence-electron chi connectivity index (χ0n) is 18.4. The van der Waals surface area contributed by atoms with Crippen LogP contribution in [0.5, 0.6) is 0 Å². The van der Waals surface area contributed by atoms with Crippen molar-refractivity contribution in [2.75, 3.05) is 6.61 Å². The summed E-state index contributed by atoms with van der Waals surface area (Å²) in [6, 6.07) is 5.36. The van der Waals surface area contributed by atoms with Gasteiger partial charge >= 0.3 is 5.97 Å². The predicted molar refractivity (Wildman–Crippen MR) is 114 cm³/mol. The Morgan fingerprint density at radius 2 is 1.52 bits per heavy atom. The number of rotatable bonds is 5. The predicted octanol–water partition coefficient (Wildman–Crippen LogP) is 3.76. The van der Waals surface area contributed by atoms with Crippen molar-refractivity contribution in [1.29, 1.82) is 0 Å². The van der Waals surface area contributed by atoms with Gasteiger partial charge in [-0.25, -0.2) is 0 Å². The normalized spacial score (nSPS) is 28.4. The SMILES string of the molecule is Cc1ccc(C(=O)COC(=O)C2CCC(N3C(=O)[C@H]4CCCC[C@@H]4C3=O)CC2)cc1C. The number of hydrogen-bond donors (Lipinski definition) is 0. The number of imide groups is 1. The lowest BCUT2D eigenvalue weighted by molar-refractivity contribution is -0.149. The van der Waals surface area contributed by atoms with Crippen molar-refractivity contribution in [3.63, 3.8) is 0 Å². The van der Waals surface area contributed by atoms with Crippen molar-refractivity contribution in [2.24, 2.45) is 17.8 Å². The average molecular weight is 426 g/mol. The van der Waals surface area contributed by atoms with Crippen LogP contribution in [0.4, 0.5) is 0 Å². The molecule has 2 saturated carbocycles. The van der Waals surface area contributed by atoms with Crippen LogP contribution in [0.2, 0.25) is 0 Å². The molecular formula is C25H31NO5. The van der Waals surface area contributed by atoms with Crippen LogP contribution in [-0.4, -0.2) is 41.1 Å². The van der Waals surface area contributed by atoms with Gasteiger partial charge in [0.1, 0.15) is 0 Å². The highest BCUT2D eigenvalue weighted by atomic mass is 16.5. The molecule has 0 aromatic heterocycles. The first-order valence-corrected chi connectivity index (χ1v) is 11.5. The first-order chi connectivity index (χ1) is 14.9. The van der Waals surface area contributed by atoms with Gasteiger partial charge in [0.25, 0.3) is 0 Å². The van der Waals surface area contributed by atoms with E-state index in [1.165, 1.54) is 4.90 Å². The summed E-state index contributed by atoms with van der Waals surface area (Å²) in [6.07, 6.45) is 6.09. The second-order valence-corrected chi connectivity index (χ2v) is 9.38. The molecule has 3 fully saturated rings. The highest BCUT2D eigenvalue weighted by Gasteiger charge is 2.50. The number of Topliss-reactive ketones (excluding diaryl/α,β-unsaturated/α-hetero) is 1. The Balaban J connectivity index is 1.28. The van der Waals surface area contributed by atoms with Crippen LogP contribution < -0.4 is 0 Å². The Morgan fingerprint density at radius 1 is 0.903 bits per heavy atom. The molecule has 31 heavy (non-hydrogen) atoms. The molecule has 1 heterocycles. The van der Waals surface area contributed by atoms with Gasteiger partial charge in [0.2, 0.25) is 11.8 Å². The van der Waals surface area contributed by atoms with Crippen molar-refractivity contribution < 1.29 is 23.9 Å². The van der Waals surface area contributed by atoms with Gasteiger partial charge in [0, 0.05) is 11.6 Å². The molecule has 166 valence electrons. The molecule has 1 saturated heterocycles. The van der Waals surface area contributed by atoms with Gasteiger partial charge in [0.15, 0.2) is 12.4 Å². The highest BCUT2D eigenvalue weighted by molar-refractivity contribution is 6.05. The number of carbonyl (C=O) groups excluding carboxylic acids is 4. The topological polar surface area (TPSA) is 80.8 Å². The summed E-state index contributed by atoms with van der Waals surface area (Å²) in [5.41, 5.74) is 2.69. The van der Waals surface area contributed by atoms with E-state index >= 15 is 0 Å². The van der Waals surface area contributed by atoms with E-state index in [-0.39, 0.29) is 54.0 Å². The Kier molecular flexibility index (Phi) is 6.26. The van der Waals surface area contributed by atoms with E-state index in [2.05, 4.69) is 0 Å². The molecule has 0 spiro atoms. The second kappa shape index (κ2) is 8.93. The first-order valence-electron chi connectivity index (χ1n) is 11.5. The van der Waals surface area contributed by atoms with Gasteiger partial charge in [-0.2, -0.15) is 0 Å². The number of aryl methyl sites for hydroxylation is 2. The highest BCUT2D eigenvalue weighted by Crippen LogP contribution is 2.41. The third-order valence-corrected chi connectivity index (χ3v) is 7.44. The number of nitrogens with zero attached hydrogens (tertiary/aromatic N) is 1. The number of amides is 2. The number of carbonyl (C=O) groups is 4. The Labute approximate surface area is 183 Å². The molecular weight excluding hydrogens is 394 g/mol. The van der Waals surface area contributed by atoms with Gasteiger partial charge in [-0.1, -0.05) is 25.0 Å². The van der Waals surface area contributed by atoms with Gasteiger partial charge in [-0.3, -0.25) is 24.1 Å².